The number of ether oxygens (including phenoxy) is 1. The van der Waals surface area contributed by atoms with Gasteiger partial charge in [-0.25, -0.2) is 4.79 Å². The van der Waals surface area contributed by atoms with Gasteiger partial charge in [0.05, 0.1) is 12.7 Å². The second kappa shape index (κ2) is 5.97. The molecule has 0 aliphatic carbocycles. The topological polar surface area (TPSA) is 93.8 Å². The first-order chi connectivity index (χ1) is 8.08. The highest BCUT2D eigenvalue weighted by molar-refractivity contribution is 6.31. The van der Waals surface area contributed by atoms with E-state index in [4.69, 9.17) is 27.3 Å². The van der Waals surface area contributed by atoms with Crippen molar-refractivity contribution in [3.63, 3.8) is 0 Å². The first-order valence-electron chi connectivity index (χ1n) is 4.49. The van der Waals surface area contributed by atoms with Gasteiger partial charge >= 0.3 is 11.9 Å². The number of carboxylic acid groups (broad SMARTS) is 1. The maximum atomic E-state index is 10.6. The van der Waals surface area contributed by atoms with Crippen LogP contribution in [0.2, 0.25) is 0 Å². The lowest BCUT2D eigenvalue weighted by atomic mass is 10.2. The molecule has 0 unspecified atom stereocenters. The molecule has 1 aromatic carbocycles. The maximum Gasteiger partial charge on any atom is 0.335 e. The summed E-state index contributed by atoms with van der Waals surface area (Å²) >= 11 is 5.81. The molecule has 17 heavy (non-hydrogen) atoms. The van der Waals surface area contributed by atoms with E-state index < -0.39 is 5.97 Å². The fourth-order valence-corrected chi connectivity index (χ4v) is 1.29. The summed E-state index contributed by atoms with van der Waals surface area (Å²) in [6.45, 7) is 0. The van der Waals surface area contributed by atoms with Crippen LogP contribution in [-0.2, 0) is 9.57 Å². The Morgan fingerprint density at radius 1 is 1.41 bits per heavy atom. The fourth-order valence-electron chi connectivity index (χ4n) is 1.06. The third-order valence-electron chi connectivity index (χ3n) is 1.86. The molecule has 0 amide bonds. The molecule has 92 valence electrons. The van der Waals surface area contributed by atoms with Crippen molar-refractivity contribution in [2.45, 2.75) is 0 Å². The Morgan fingerprint density at radius 2 is 2.00 bits per heavy atom. The third kappa shape index (κ3) is 3.54. The Kier molecular flexibility index (Phi) is 4.62. The number of rotatable bonds is 5. The van der Waals surface area contributed by atoms with Gasteiger partial charge in [-0.2, -0.15) is 5.90 Å². The lowest BCUT2D eigenvalue weighted by molar-refractivity contribution is 0.0606. The molecular formula is C10H11ClN2O4. The van der Waals surface area contributed by atoms with E-state index in [2.05, 4.69) is 10.2 Å². The molecule has 4 N–H and O–H groups in total. The highest BCUT2D eigenvalue weighted by atomic mass is 35.5. The van der Waals surface area contributed by atoms with Crippen molar-refractivity contribution in [3.05, 3.63) is 40.9 Å². The van der Waals surface area contributed by atoms with E-state index in [-0.39, 0.29) is 16.7 Å². The first kappa shape index (κ1) is 13.1. The molecule has 0 spiro atoms. The molecular weight excluding hydrogens is 248 g/mol. The van der Waals surface area contributed by atoms with Gasteiger partial charge in [0.25, 0.3) is 0 Å². The molecule has 0 bridgehead atoms. The minimum atomic E-state index is -0.999. The summed E-state index contributed by atoms with van der Waals surface area (Å²) in [5.41, 5.74) is 0.754. The van der Waals surface area contributed by atoms with E-state index in [1.165, 1.54) is 19.2 Å². The van der Waals surface area contributed by atoms with Crippen LogP contribution in [0.1, 0.15) is 10.4 Å². The number of carboxylic acids is 1. The molecule has 0 radical (unpaired) electrons. The number of benzene rings is 1. The highest BCUT2D eigenvalue weighted by Gasteiger charge is 2.07. The van der Waals surface area contributed by atoms with E-state index >= 15 is 0 Å². The zero-order valence-corrected chi connectivity index (χ0v) is 9.69. The lowest BCUT2D eigenvalue weighted by Gasteiger charge is -2.08. The molecule has 0 aromatic heterocycles. The molecule has 1 rings (SSSR count). The fraction of sp³-hybridized carbons (Fsp3) is 0.100. The molecule has 0 aliphatic heterocycles. The average Bonchev–Trinajstić information content (AvgIpc) is 2.31. The Labute approximate surface area is 103 Å². The summed E-state index contributed by atoms with van der Waals surface area (Å²) in [5, 5.41) is 11.5. The van der Waals surface area contributed by atoms with Crippen molar-refractivity contribution in [1.29, 1.82) is 0 Å². The predicted molar refractivity (Wildman–Crippen MR) is 62.2 cm³/mol. The summed E-state index contributed by atoms with van der Waals surface area (Å²) in [7, 11) is 1.35. The van der Waals surface area contributed by atoms with E-state index in [1.807, 2.05) is 0 Å². The molecule has 0 aliphatic rings. The van der Waals surface area contributed by atoms with Crippen LogP contribution in [-0.4, -0.2) is 18.2 Å². The van der Waals surface area contributed by atoms with Crippen LogP contribution in [0, 0.1) is 0 Å². The molecule has 0 heterocycles. The SMILES string of the molecule is CO/C(ON)=C(\Cl)Nc1ccc(C(=O)O)cc1. The number of methoxy groups -OCH3 is 1. The smallest absolute Gasteiger partial charge is 0.335 e. The predicted octanol–water partition coefficient (Wildman–Crippen LogP) is 1.70. The van der Waals surface area contributed by atoms with Crippen molar-refractivity contribution in [2.75, 3.05) is 12.4 Å². The van der Waals surface area contributed by atoms with E-state index in [0.29, 0.717) is 5.69 Å². The van der Waals surface area contributed by atoms with Crippen LogP contribution in [0.15, 0.2) is 35.4 Å². The van der Waals surface area contributed by atoms with Gasteiger partial charge in [-0.05, 0) is 24.3 Å². The lowest BCUT2D eigenvalue weighted by Crippen LogP contribution is -2.07. The van der Waals surface area contributed by atoms with Crippen molar-refractivity contribution in [3.8, 4) is 0 Å². The number of nitrogens with one attached hydrogen (secondary N) is 1. The number of carbonyl (C=O) groups is 1. The van der Waals surface area contributed by atoms with Gasteiger partial charge in [0, 0.05) is 5.69 Å². The minimum absolute atomic E-state index is 0.0538. The van der Waals surface area contributed by atoms with Crippen LogP contribution in [0.3, 0.4) is 0 Å². The quantitative estimate of drug-likeness (QED) is 0.423. The number of halogens is 1. The van der Waals surface area contributed by atoms with Crippen molar-refractivity contribution in [2.24, 2.45) is 5.90 Å². The molecule has 0 saturated carbocycles. The van der Waals surface area contributed by atoms with Crippen LogP contribution in [0.25, 0.3) is 0 Å². The number of aromatic carboxylic acids is 1. The monoisotopic (exact) mass is 258 g/mol. The van der Waals surface area contributed by atoms with Crippen LogP contribution >= 0.6 is 11.6 Å². The standard InChI is InChI=1S/C10H11ClN2O4/c1-16-10(17-12)8(11)13-7-4-2-6(3-5-7)9(14)15/h2-5,13H,12H2,1H3,(H,14,15)/b10-8-. The van der Waals surface area contributed by atoms with Gasteiger partial charge in [-0.1, -0.05) is 11.6 Å². The number of anilines is 1. The molecule has 1 aromatic rings. The highest BCUT2D eigenvalue weighted by Crippen LogP contribution is 2.16. The van der Waals surface area contributed by atoms with Crippen LogP contribution in [0.5, 0.6) is 0 Å². The van der Waals surface area contributed by atoms with Gasteiger partial charge in [0.15, 0.2) is 5.16 Å². The number of nitrogens with two attached hydrogens (primary N) is 1. The third-order valence-corrected chi connectivity index (χ3v) is 2.11. The Morgan fingerprint density at radius 3 is 2.41 bits per heavy atom. The molecule has 0 fully saturated rings. The molecule has 0 atom stereocenters. The van der Waals surface area contributed by atoms with Gasteiger partial charge in [-0.15, -0.1) is 0 Å². The summed E-state index contributed by atoms with van der Waals surface area (Å²) in [6.07, 6.45) is 0. The first-order valence-corrected chi connectivity index (χ1v) is 4.87. The molecule has 6 nitrogen and oxygen atoms in total. The minimum Gasteiger partial charge on any atom is -0.478 e. The van der Waals surface area contributed by atoms with Gasteiger partial charge in [-0.3, -0.25) is 0 Å². The summed E-state index contributed by atoms with van der Waals surface area (Å²) in [6, 6.07) is 5.97. The Bertz CT molecular complexity index is 424. The Hall–Kier alpha value is -1.92. The zero-order chi connectivity index (χ0) is 12.8. The Balaban J connectivity index is 2.82. The van der Waals surface area contributed by atoms with E-state index in [0.717, 1.165) is 0 Å². The molecule has 7 heteroatoms. The van der Waals surface area contributed by atoms with Crippen LogP contribution < -0.4 is 11.2 Å². The van der Waals surface area contributed by atoms with Crippen molar-refractivity contribution >= 4 is 23.3 Å². The zero-order valence-electron chi connectivity index (χ0n) is 8.94. The van der Waals surface area contributed by atoms with Crippen molar-refractivity contribution in [1.82, 2.24) is 0 Å². The maximum absolute atomic E-state index is 10.6. The van der Waals surface area contributed by atoms with E-state index in [9.17, 15) is 4.79 Å². The second-order valence-electron chi connectivity index (χ2n) is 2.93. The average molecular weight is 259 g/mol. The summed E-state index contributed by atoms with van der Waals surface area (Å²) in [4.78, 5) is 15.0. The van der Waals surface area contributed by atoms with E-state index in [1.54, 1.807) is 12.1 Å². The van der Waals surface area contributed by atoms with Gasteiger partial charge in [0.2, 0.25) is 0 Å². The second-order valence-corrected chi connectivity index (χ2v) is 3.31. The summed E-state index contributed by atoms with van der Waals surface area (Å²) < 4.78 is 4.74. The molecule has 0 saturated heterocycles. The van der Waals surface area contributed by atoms with Gasteiger partial charge < -0.3 is 20.0 Å². The number of hydrogen-bond donors (Lipinski definition) is 3. The van der Waals surface area contributed by atoms with Gasteiger partial charge in [0.1, 0.15) is 0 Å². The van der Waals surface area contributed by atoms with Crippen molar-refractivity contribution < 1.29 is 19.5 Å². The van der Waals surface area contributed by atoms with Crippen LogP contribution in [0.4, 0.5) is 5.69 Å². The normalized spacial score (nSPS) is 11.5. The summed E-state index contributed by atoms with van der Waals surface area (Å²) in [5.74, 6) is 3.84. The largest absolute Gasteiger partial charge is 0.478 e. The number of hydrogen-bond acceptors (Lipinski definition) is 5.